The van der Waals surface area contributed by atoms with Gasteiger partial charge in [-0.15, -0.1) is 5.10 Å². The lowest BCUT2D eigenvalue weighted by Crippen LogP contribution is -2.32. The normalized spacial score (nSPS) is 14.6. The largest absolute Gasteiger partial charge is 0.391 e. The molecule has 0 fully saturated rings. The first kappa shape index (κ1) is 12.7. The van der Waals surface area contributed by atoms with Crippen LogP contribution in [0.25, 0.3) is 10.9 Å². The first-order valence-electron chi connectivity index (χ1n) is 6.14. The number of fused-ring (bicyclic) bond motifs is 1. The summed E-state index contributed by atoms with van der Waals surface area (Å²) in [7, 11) is 0. The van der Waals surface area contributed by atoms with Gasteiger partial charge in [0.1, 0.15) is 5.52 Å². The van der Waals surface area contributed by atoms with Crippen molar-refractivity contribution in [1.82, 2.24) is 15.0 Å². The highest BCUT2D eigenvalue weighted by atomic mass is 16.3. The monoisotopic (exact) mass is 247 g/mol. The van der Waals surface area contributed by atoms with Crippen molar-refractivity contribution in [3.63, 3.8) is 0 Å². The van der Waals surface area contributed by atoms with Crippen LogP contribution in [0.3, 0.4) is 0 Å². The zero-order valence-corrected chi connectivity index (χ0v) is 10.6. The molecular formula is C13H17N3O2. The number of nitrogens with zero attached hydrogens (tertiary/aromatic N) is 3. The molecule has 96 valence electrons. The molecule has 2 rings (SSSR count). The van der Waals surface area contributed by atoms with Crippen LogP contribution in [-0.4, -0.2) is 26.2 Å². The van der Waals surface area contributed by atoms with Gasteiger partial charge in [-0.05, 0) is 18.1 Å². The van der Waals surface area contributed by atoms with Crippen molar-refractivity contribution >= 4 is 10.9 Å². The molecule has 1 aromatic heterocycles. The van der Waals surface area contributed by atoms with E-state index in [0.29, 0.717) is 10.9 Å². The Balaban J connectivity index is 2.35. The van der Waals surface area contributed by atoms with Crippen molar-refractivity contribution in [2.24, 2.45) is 5.92 Å². The van der Waals surface area contributed by atoms with Gasteiger partial charge in [0.15, 0.2) is 0 Å². The maximum absolute atomic E-state index is 12.1. The first-order chi connectivity index (χ1) is 8.63. The molecule has 0 aliphatic carbocycles. The number of benzene rings is 1. The summed E-state index contributed by atoms with van der Waals surface area (Å²) in [5, 5.41) is 18.3. The number of hydrogen-bond acceptors (Lipinski definition) is 4. The fraction of sp³-hybridized carbons (Fsp3) is 0.462. The summed E-state index contributed by atoms with van der Waals surface area (Å²) >= 11 is 0. The zero-order chi connectivity index (χ0) is 13.1. The molecule has 2 atom stereocenters. The van der Waals surface area contributed by atoms with E-state index < -0.39 is 6.10 Å². The molecule has 0 saturated carbocycles. The van der Waals surface area contributed by atoms with Crippen LogP contribution in [0, 0.1) is 5.92 Å². The molecule has 0 spiro atoms. The second-order valence-corrected chi connectivity index (χ2v) is 4.55. The van der Waals surface area contributed by atoms with E-state index >= 15 is 0 Å². The summed E-state index contributed by atoms with van der Waals surface area (Å²) in [6, 6.07) is 7.08. The Bertz CT molecular complexity index is 594. The summed E-state index contributed by atoms with van der Waals surface area (Å²) in [5.41, 5.74) is 0.375. The molecule has 0 radical (unpaired) electrons. The Kier molecular flexibility index (Phi) is 3.72. The van der Waals surface area contributed by atoms with Gasteiger partial charge in [0, 0.05) is 0 Å². The minimum atomic E-state index is -0.580. The van der Waals surface area contributed by atoms with Crippen LogP contribution in [0.5, 0.6) is 0 Å². The Labute approximate surface area is 105 Å². The maximum atomic E-state index is 12.1. The van der Waals surface area contributed by atoms with Gasteiger partial charge in [0.05, 0.1) is 18.0 Å². The van der Waals surface area contributed by atoms with E-state index in [1.54, 1.807) is 18.2 Å². The molecule has 1 heterocycles. The molecule has 1 aromatic carbocycles. The van der Waals surface area contributed by atoms with Crippen LogP contribution in [0.15, 0.2) is 29.1 Å². The summed E-state index contributed by atoms with van der Waals surface area (Å²) in [4.78, 5) is 12.1. The molecule has 2 aromatic rings. The molecule has 0 aliphatic heterocycles. The molecule has 5 heteroatoms. The predicted octanol–water partition coefficient (Wildman–Crippen LogP) is 1.20. The molecule has 0 saturated heterocycles. The van der Waals surface area contributed by atoms with Crippen LogP contribution in [0.2, 0.25) is 0 Å². The van der Waals surface area contributed by atoms with E-state index in [2.05, 4.69) is 10.3 Å². The van der Waals surface area contributed by atoms with E-state index in [4.69, 9.17) is 0 Å². The Morgan fingerprint density at radius 3 is 2.83 bits per heavy atom. The van der Waals surface area contributed by atoms with Crippen LogP contribution in [0.1, 0.15) is 20.3 Å². The van der Waals surface area contributed by atoms with Crippen molar-refractivity contribution in [3.8, 4) is 0 Å². The maximum Gasteiger partial charge on any atom is 0.277 e. The van der Waals surface area contributed by atoms with E-state index in [1.165, 1.54) is 4.68 Å². The van der Waals surface area contributed by atoms with E-state index in [0.717, 1.165) is 6.42 Å². The Hall–Kier alpha value is -1.75. The first-order valence-corrected chi connectivity index (χ1v) is 6.14. The molecule has 18 heavy (non-hydrogen) atoms. The van der Waals surface area contributed by atoms with E-state index in [-0.39, 0.29) is 18.0 Å². The molecule has 0 aliphatic rings. The highest BCUT2D eigenvalue weighted by molar-refractivity contribution is 5.76. The summed E-state index contributed by atoms with van der Waals surface area (Å²) in [5.74, 6) is 0.130. The van der Waals surface area contributed by atoms with Crippen molar-refractivity contribution in [1.29, 1.82) is 0 Å². The second-order valence-electron chi connectivity index (χ2n) is 4.55. The van der Waals surface area contributed by atoms with Gasteiger partial charge in [-0.1, -0.05) is 37.6 Å². The molecule has 0 bridgehead atoms. The third-order valence-corrected chi connectivity index (χ3v) is 3.29. The molecule has 2 unspecified atom stereocenters. The second kappa shape index (κ2) is 5.27. The van der Waals surface area contributed by atoms with Gasteiger partial charge in [-0.3, -0.25) is 4.79 Å². The molecule has 1 N–H and O–H groups in total. The Morgan fingerprint density at radius 1 is 1.39 bits per heavy atom. The van der Waals surface area contributed by atoms with Gasteiger partial charge in [0.2, 0.25) is 0 Å². The number of aliphatic hydroxyl groups excluding tert-OH is 1. The van der Waals surface area contributed by atoms with Crippen molar-refractivity contribution in [3.05, 3.63) is 34.6 Å². The average Bonchev–Trinajstić information content (AvgIpc) is 2.41. The number of aromatic nitrogens is 3. The summed E-state index contributed by atoms with van der Waals surface area (Å²) < 4.78 is 1.24. The lowest BCUT2D eigenvalue weighted by Gasteiger charge is -2.17. The fourth-order valence-corrected chi connectivity index (χ4v) is 1.77. The number of rotatable bonds is 4. The van der Waals surface area contributed by atoms with Crippen LogP contribution >= 0.6 is 0 Å². The lowest BCUT2D eigenvalue weighted by molar-refractivity contribution is 0.0905. The van der Waals surface area contributed by atoms with Gasteiger partial charge in [0.25, 0.3) is 5.56 Å². The van der Waals surface area contributed by atoms with Crippen molar-refractivity contribution in [2.75, 3.05) is 0 Å². The summed E-state index contributed by atoms with van der Waals surface area (Å²) in [6.07, 6.45) is 0.278. The third-order valence-electron chi connectivity index (χ3n) is 3.29. The van der Waals surface area contributed by atoms with E-state index in [9.17, 15) is 9.90 Å². The smallest absolute Gasteiger partial charge is 0.277 e. The zero-order valence-electron chi connectivity index (χ0n) is 10.6. The standard InChI is InChI=1S/C13H17N3O2/c1-3-9(2)12(17)8-16-13(18)10-6-4-5-7-11(10)14-15-16/h4-7,9,12,17H,3,8H2,1-2H3. The topological polar surface area (TPSA) is 68.0 Å². The quantitative estimate of drug-likeness (QED) is 0.881. The highest BCUT2D eigenvalue weighted by Gasteiger charge is 2.15. The van der Waals surface area contributed by atoms with E-state index in [1.807, 2.05) is 19.9 Å². The van der Waals surface area contributed by atoms with Gasteiger partial charge < -0.3 is 5.11 Å². The van der Waals surface area contributed by atoms with Crippen LogP contribution in [-0.2, 0) is 6.54 Å². The SMILES string of the molecule is CCC(C)C(O)Cn1nnc2ccccc2c1=O. The molecule has 0 amide bonds. The van der Waals surface area contributed by atoms with Crippen LogP contribution < -0.4 is 5.56 Å². The Morgan fingerprint density at radius 2 is 2.11 bits per heavy atom. The number of hydrogen-bond donors (Lipinski definition) is 1. The molecular weight excluding hydrogens is 230 g/mol. The van der Waals surface area contributed by atoms with Crippen molar-refractivity contribution in [2.45, 2.75) is 32.9 Å². The predicted molar refractivity (Wildman–Crippen MR) is 69.3 cm³/mol. The van der Waals surface area contributed by atoms with Gasteiger partial charge in [-0.2, -0.15) is 0 Å². The minimum absolute atomic E-state index is 0.130. The van der Waals surface area contributed by atoms with Crippen molar-refractivity contribution < 1.29 is 5.11 Å². The van der Waals surface area contributed by atoms with Gasteiger partial charge in [-0.25, -0.2) is 4.68 Å². The lowest BCUT2D eigenvalue weighted by atomic mass is 10.0. The molecule has 5 nitrogen and oxygen atoms in total. The fourth-order valence-electron chi connectivity index (χ4n) is 1.77. The minimum Gasteiger partial charge on any atom is -0.391 e. The number of aliphatic hydroxyl groups is 1. The van der Waals surface area contributed by atoms with Crippen LogP contribution in [0.4, 0.5) is 0 Å². The van der Waals surface area contributed by atoms with Gasteiger partial charge >= 0.3 is 0 Å². The average molecular weight is 247 g/mol. The third kappa shape index (κ3) is 2.41. The highest BCUT2D eigenvalue weighted by Crippen LogP contribution is 2.09. The summed E-state index contributed by atoms with van der Waals surface area (Å²) in [6.45, 7) is 4.14.